The van der Waals surface area contributed by atoms with E-state index in [9.17, 15) is 25.9 Å². The highest BCUT2D eigenvalue weighted by atomic mass is 16.8. The second-order valence-corrected chi connectivity index (χ2v) is 8.24. The zero-order chi connectivity index (χ0) is 25.5. The minimum absolute atomic E-state index is 0.00730. The van der Waals surface area contributed by atoms with Crippen LogP contribution in [0.5, 0.6) is 23.0 Å². The van der Waals surface area contributed by atoms with E-state index in [1.165, 1.54) is 52.7 Å². The number of methoxy groups -OCH3 is 4. The average Bonchev–Trinajstić information content (AvgIpc) is 3.36. The number of fused-ring (bicyclic) bond motifs is 1. The average molecular weight is 496 g/mol. The zero-order valence-corrected chi connectivity index (χ0v) is 19.6. The van der Waals surface area contributed by atoms with Crippen LogP contribution in [0.3, 0.4) is 0 Å². The molecule has 13 nitrogen and oxygen atoms in total. The van der Waals surface area contributed by atoms with Gasteiger partial charge in [-0.05, 0) is 12.1 Å². The number of benzene rings is 2. The molecule has 2 aromatic carbocycles. The van der Waals surface area contributed by atoms with Crippen LogP contribution in [0.1, 0.15) is 23.3 Å². The maximum absolute atomic E-state index is 12.0. The molecule has 2 fully saturated rings. The summed E-state index contributed by atoms with van der Waals surface area (Å²) in [7, 11) is 5.62. The maximum atomic E-state index is 12.0. The van der Waals surface area contributed by atoms with Gasteiger partial charge < -0.3 is 43.9 Å². The highest BCUT2D eigenvalue weighted by Gasteiger charge is 2.61. The Kier molecular flexibility index (Phi) is 7.06. The van der Waals surface area contributed by atoms with E-state index in [-0.39, 0.29) is 53.0 Å². The zero-order valence-electron chi connectivity index (χ0n) is 19.6. The smallest absolute Gasteiger partial charge is 0.173 e. The summed E-state index contributed by atoms with van der Waals surface area (Å²) in [5.41, 5.74) is -1.36. The van der Waals surface area contributed by atoms with E-state index < -0.39 is 34.2 Å². The van der Waals surface area contributed by atoms with E-state index in [1.54, 1.807) is 0 Å². The quantitative estimate of drug-likeness (QED) is 0.304. The number of aliphatic hydroxyl groups is 1. The molecule has 0 radical (unpaired) electrons. The van der Waals surface area contributed by atoms with Gasteiger partial charge in [-0.3, -0.25) is 0 Å². The third-order valence-corrected chi connectivity index (χ3v) is 6.56. The van der Waals surface area contributed by atoms with Crippen molar-refractivity contribution in [3.63, 3.8) is 0 Å². The molecule has 35 heavy (non-hydrogen) atoms. The van der Waals surface area contributed by atoms with E-state index in [4.69, 9.17) is 28.4 Å². The van der Waals surface area contributed by atoms with Crippen LogP contribution in [0.2, 0.25) is 0 Å². The van der Waals surface area contributed by atoms with Crippen LogP contribution in [0.25, 0.3) is 0 Å². The molecule has 192 valence electrons. The first kappa shape index (κ1) is 25.4. The van der Waals surface area contributed by atoms with E-state index in [1.807, 2.05) is 0 Å². The third kappa shape index (κ3) is 4.16. The molecule has 0 bridgehead atoms. The van der Waals surface area contributed by atoms with Crippen molar-refractivity contribution < 1.29 is 54.4 Å². The summed E-state index contributed by atoms with van der Waals surface area (Å²) >= 11 is 0. The molecular weight excluding hydrogens is 468 g/mol. The van der Waals surface area contributed by atoms with E-state index >= 15 is 0 Å². The molecule has 0 spiro atoms. The molecule has 4 rings (SSSR count). The van der Waals surface area contributed by atoms with Crippen molar-refractivity contribution >= 4 is 11.4 Å². The number of hydrogen-bond donors (Lipinski definition) is 5. The van der Waals surface area contributed by atoms with Gasteiger partial charge in [0, 0.05) is 23.6 Å². The van der Waals surface area contributed by atoms with Gasteiger partial charge in [0.2, 0.25) is 0 Å². The van der Waals surface area contributed by atoms with Crippen LogP contribution >= 0.6 is 0 Å². The normalized spacial score (nSPS) is 27.3. The molecule has 2 saturated heterocycles. The minimum atomic E-state index is -1.64. The van der Waals surface area contributed by atoms with Crippen molar-refractivity contribution in [2.75, 3.05) is 41.7 Å². The summed E-state index contributed by atoms with van der Waals surface area (Å²) in [5.74, 6) is 0.325. The topological polar surface area (TPSA) is 171 Å². The number of rotatable bonds is 8. The number of hydrogen-bond acceptors (Lipinski definition) is 11. The molecular formula is C22H28N2O11. The molecule has 0 saturated carbocycles. The SMILES string of the molecule is COc1cc(C2OCC3(O)C(c4cc(OC)c(OC)cc4[NH+]([O-])O)OCC23)c([NH+]([O-])O)cc1OC. The fourth-order valence-electron chi connectivity index (χ4n) is 4.83. The van der Waals surface area contributed by atoms with Crippen LogP contribution < -0.4 is 29.4 Å². The van der Waals surface area contributed by atoms with Gasteiger partial charge in [0.05, 0.1) is 53.3 Å². The van der Waals surface area contributed by atoms with Crippen LogP contribution in [0, 0.1) is 16.3 Å². The lowest BCUT2D eigenvalue weighted by atomic mass is 9.80. The largest absolute Gasteiger partial charge is 0.595 e. The molecule has 0 aliphatic carbocycles. The van der Waals surface area contributed by atoms with Crippen LogP contribution in [0.4, 0.5) is 11.4 Å². The summed E-state index contributed by atoms with van der Waals surface area (Å²) in [6.45, 7) is -0.222. The Morgan fingerprint density at radius 3 is 1.74 bits per heavy atom. The van der Waals surface area contributed by atoms with Gasteiger partial charge in [-0.1, -0.05) is 0 Å². The van der Waals surface area contributed by atoms with Gasteiger partial charge >= 0.3 is 0 Å². The standard InChI is InChI=1S/C22H28N2O11/c1-30-16-5-11(14(23(26)27)7-18(16)32-3)20-13-9-34-21(22(13,25)10-35-20)12-6-17(31-2)19(33-4)8-15(12)24(28)29/h5-8,13,20-21,23-26,28H,9-10H2,1-4H3. The Morgan fingerprint density at radius 1 is 0.800 bits per heavy atom. The lowest BCUT2D eigenvalue weighted by Gasteiger charge is -2.29. The molecule has 13 heteroatoms. The van der Waals surface area contributed by atoms with Crippen molar-refractivity contribution in [2.24, 2.45) is 5.92 Å². The number of nitrogens with one attached hydrogen (secondary N) is 2. The molecule has 6 atom stereocenters. The Bertz CT molecular complexity index is 1080. The summed E-state index contributed by atoms with van der Waals surface area (Å²) in [6.07, 6.45) is -1.93. The Balaban J connectivity index is 1.77. The van der Waals surface area contributed by atoms with Crippen LogP contribution in [-0.4, -0.2) is 62.8 Å². The van der Waals surface area contributed by atoms with Gasteiger partial charge in [-0.2, -0.15) is 10.5 Å². The van der Waals surface area contributed by atoms with Gasteiger partial charge in [0.15, 0.2) is 34.4 Å². The van der Waals surface area contributed by atoms with Gasteiger partial charge in [-0.15, -0.1) is 0 Å². The molecule has 0 aromatic heterocycles. The molecule has 0 amide bonds. The fourth-order valence-corrected chi connectivity index (χ4v) is 4.83. The van der Waals surface area contributed by atoms with Crippen LogP contribution in [-0.2, 0) is 9.47 Å². The molecule has 2 aromatic rings. The Hall–Kier alpha value is -2.72. The molecule has 2 heterocycles. The van der Waals surface area contributed by atoms with Gasteiger partial charge in [-0.25, -0.2) is 10.4 Å². The molecule has 2 aliphatic heterocycles. The first-order valence-corrected chi connectivity index (χ1v) is 10.6. The highest BCUT2D eigenvalue weighted by Crippen LogP contribution is 2.55. The van der Waals surface area contributed by atoms with Crippen molar-refractivity contribution in [3.8, 4) is 23.0 Å². The molecule has 5 N–H and O–H groups in total. The third-order valence-electron chi connectivity index (χ3n) is 6.56. The first-order valence-electron chi connectivity index (χ1n) is 10.6. The van der Waals surface area contributed by atoms with E-state index in [0.29, 0.717) is 5.75 Å². The van der Waals surface area contributed by atoms with Crippen LogP contribution in [0.15, 0.2) is 24.3 Å². The monoisotopic (exact) mass is 496 g/mol. The molecule has 2 aliphatic rings. The summed E-state index contributed by atoms with van der Waals surface area (Å²) in [4.78, 5) is 0. The second kappa shape index (κ2) is 9.73. The van der Waals surface area contributed by atoms with Crippen molar-refractivity contribution in [1.29, 1.82) is 0 Å². The van der Waals surface area contributed by atoms with Gasteiger partial charge in [0.1, 0.15) is 11.7 Å². The highest BCUT2D eigenvalue weighted by molar-refractivity contribution is 5.57. The maximum Gasteiger partial charge on any atom is 0.173 e. The van der Waals surface area contributed by atoms with E-state index in [2.05, 4.69) is 0 Å². The Morgan fingerprint density at radius 2 is 1.26 bits per heavy atom. The second-order valence-electron chi connectivity index (χ2n) is 8.24. The predicted molar refractivity (Wildman–Crippen MR) is 116 cm³/mol. The van der Waals surface area contributed by atoms with E-state index in [0.717, 1.165) is 0 Å². The van der Waals surface area contributed by atoms with Gasteiger partial charge in [0.25, 0.3) is 0 Å². The summed E-state index contributed by atoms with van der Waals surface area (Å²) in [5, 5.41) is 52.9. The molecule has 6 unspecified atom stereocenters. The Labute approximate surface area is 200 Å². The summed E-state index contributed by atoms with van der Waals surface area (Å²) in [6, 6.07) is 5.60. The van der Waals surface area contributed by atoms with Crippen molar-refractivity contribution in [1.82, 2.24) is 0 Å². The minimum Gasteiger partial charge on any atom is -0.595 e. The lowest BCUT2D eigenvalue weighted by molar-refractivity contribution is -0.991. The number of ether oxygens (including phenoxy) is 6. The first-order chi connectivity index (χ1) is 16.7. The van der Waals surface area contributed by atoms with Crippen molar-refractivity contribution in [2.45, 2.75) is 17.8 Å². The van der Waals surface area contributed by atoms with Crippen molar-refractivity contribution in [3.05, 3.63) is 45.8 Å². The lowest BCUT2D eigenvalue weighted by Crippen LogP contribution is -2.99. The number of quaternary nitrogens is 2. The predicted octanol–water partition coefficient (Wildman–Crippen LogP) is -0.282. The summed E-state index contributed by atoms with van der Waals surface area (Å²) < 4.78 is 32.9. The fraction of sp³-hybridized carbons (Fsp3) is 0.455.